The van der Waals surface area contributed by atoms with E-state index in [-0.39, 0.29) is 6.04 Å². The lowest BCUT2D eigenvalue weighted by atomic mass is 10.2. The summed E-state index contributed by atoms with van der Waals surface area (Å²) in [5, 5.41) is 0.759. The minimum atomic E-state index is -0.368. The van der Waals surface area contributed by atoms with Crippen LogP contribution in [0.5, 0.6) is 0 Å². The van der Waals surface area contributed by atoms with Gasteiger partial charge in [-0.1, -0.05) is 11.6 Å². The van der Waals surface area contributed by atoms with Crippen LogP contribution in [0.25, 0.3) is 0 Å². The van der Waals surface area contributed by atoms with Crippen molar-refractivity contribution in [1.82, 2.24) is 4.90 Å². The van der Waals surface area contributed by atoms with Crippen LogP contribution in [0.4, 0.5) is 5.69 Å². The summed E-state index contributed by atoms with van der Waals surface area (Å²) < 4.78 is 0. The topological polar surface area (TPSA) is 49.6 Å². The van der Waals surface area contributed by atoms with Gasteiger partial charge >= 0.3 is 0 Å². The lowest BCUT2D eigenvalue weighted by molar-refractivity contribution is -0.109. The molecule has 1 saturated heterocycles. The molecule has 0 radical (unpaired) electrons. The first-order chi connectivity index (χ1) is 8.69. The van der Waals surface area contributed by atoms with Crippen LogP contribution in [0.15, 0.2) is 24.3 Å². The van der Waals surface area contributed by atoms with Crippen molar-refractivity contribution in [3.63, 3.8) is 0 Å². The number of hydrogen-bond donors (Lipinski definition) is 1. The number of carbonyl (C=O) groups is 1. The largest absolute Gasteiger partial charge is 0.369 e. The summed E-state index contributed by atoms with van der Waals surface area (Å²) in [7, 11) is 0. The van der Waals surface area contributed by atoms with Crippen molar-refractivity contribution in [2.45, 2.75) is 6.04 Å². The molecule has 98 valence electrons. The fourth-order valence-corrected chi connectivity index (χ4v) is 2.31. The van der Waals surface area contributed by atoms with Gasteiger partial charge in [-0.3, -0.25) is 4.90 Å². The van der Waals surface area contributed by atoms with Crippen molar-refractivity contribution in [1.29, 1.82) is 0 Å². The van der Waals surface area contributed by atoms with Crippen LogP contribution in [0, 0.1) is 0 Å². The summed E-state index contributed by atoms with van der Waals surface area (Å²) in [6.07, 6.45) is 0.811. The molecule has 2 rings (SSSR count). The number of anilines is 1. The molecule has 1 heterocycles. The van der Waals surface area contributed by atoms with E-state index in [0.717, 1.165) is 37.5 Å². The van der Waals surface area contributed by atoms with Crippen LogP contribution in [0.1, 0.15) is 0 Å². The minimum absolute atomic E-state index is 0.368. The van der Waals surface area contributed by atoms with Crippen LogP contribution in [-0.2, 0) is 4.79 Å². The molecular weight excluding hydrogens is 250 g/mol. The first-order valence-electron chi connectivity index (χ1n) is 6.13. The molecule has 0 bridgehead atoms. The van der Waals surface area contributed by atoms with Gasteiger partial charge in [0.25, 0.3) is 0 Å². The number of benzene rings is 1. The van der Waals surface area contributed by atoms with Gasteiger partial charge in [-0.25, -0.2) is 0 Å². The lowest BCUT2D eigenvalue weighted by Gasteiger charge is -2.36. The van der Waals surface area contributed by atoms with E-state index < -0.39 is 0 Å². The Morgan fingerprint density at radius 1 is 1.22 bits per heavy atom. The van der Waals surface area contributed by atoms with Gasteiger partial charge < -0.3 is 15.4 Å². The molecule has 1 aliphatic rings. The standard InChI is InChI=1S/C13H18ClN3O/c14-11-1-3-13(4-2-11)17-7-5-16(6-8-17)9-12(15)10-18/h1-4,10,12H,5-9,15H2/t12-/m0/s1. The normalized spacial score (nSPS) is 18.7. The first kappa shape index (κ1) is 13.3. The number of aldehydes is 1. The maximum atomic E-state index is 10.5. The van der Waals surface area contributed by atoms with Crippen LogP contribution < -0.4 is 10.6 Å². The zero-order chi connectivity index (χ0) is 13.0. The van der Waals surface area contributed by atoms with Crippen molar-refractivity contribution in [2.75, 3.05) is 37.6 Å². The smallest absolute Gasteiger partial charge is 0.137 e. The van der Waals surface area contributed by atoms with E-state index in [0.29, 0.717) is 6.54 Å². The Morgan fingerprint density at radius 3 is 2.39 bits per heavy atom. The molecule has 1 aliphatic heterocycles. The number of halogens is 1. The van der Waals surface area contributed by atoms with Gasteiger partial charge in [-0.05, 0) is 24.3 Å². The minimum Gasteiger partial charge on any atom is -0.369 e. The maximum Gasteiger partial charge on any atom is 0.137 e. The monoisotopic (exact) mass is 267 g/mol. The van der Waals surface area contributed by atoms with E-state index in [2.05, 4.69) is 9.80 Å². The van der Waals surface area contributed by atoms with Gasteiger partial charge in [0.15, 0.2) is 0 Å². The highest BCUT2D eigenvalue weighted by Crippen LogP contribution is 2.19. The van der Waals surface area contributed by atoms with Gasteiger partial charge in [0.05, 0.1) is 6.04 Å². The van der Waals surface area contributed by atoms with Crippen LogP contribution in [-0.4, -0.2) is 50.0 Å². The Labute approximate surface area is 112 Å². The van der Waals surface area contributed by atoms with E-state index in [9.17, 15) is 4.79 Å². The molecule has 1 aromatic rings. The Balaban J connectivity index is 1.86. The summed E-state index contributed by atoms with van der Waals surface area (Å²) in [5.74, 6) is 0. The van der Waals surface area contributed by atoms with Crippen molar-refractivity contribution < 1.29 is 4.79 Å². The summed E-state index contributed by atoms with van der Waals surface area (Å²) >= 11 is 5.87. The number of carbonyl (C=O) groups excluding carboxylic acids is 1. The van der Waals surface area contributed by atoms with E-state index in [4.69, 9.17) is 17.3 Å². The second kappa shape index (κ2) is 6.18. The predicted molar refractivity (Wildman–Crippen MR) is 74.1 cm³/mol. The quantitative estimate of drug-likeness (QED) is 0.827. The second-order valence-electron chi connectivity index (χ2n) is 4.56. The van der Waals surface area contributed by atoms with Crippen molar-refractivity contribution in [2.24, 2.45) is 5.73 Å². The van der Waals surface area contributed by atoms with Gasteiger partial charge in [-0.15, -0.1) is 0 Å². The Kier molecular flexibility index (Phi) is 4.58. The molecule has 0 aromatic heterocycles. The molecule has 1 atom stereocenters. The predicted octanol–water partition coefficient (Wildman–Crippen LogP) is 0.988. The van der Waals surface area contributed by atoms with Crippen molar-refractivity contribution in [3.8, 4) is 0 Å². The molecule has 2 N–H and O–H groups in total. The number of piperazine rings is 1. The Bertz CT molecular complexity index is 388. The highest BCUT2D eigenvalue weighted by Gasteiger charge is 2.18. The SMILES string of the molecule is N[C@H](C=O)CN1CCN(c2ccc(Cl)cc2)CC1. The van der Waals surface area contributed by atoms with Crippen LogP contribution >= 0.6 is 11.6 Å². The first-order valence-corrected chi connectivity index (χ1v) is 6.50. The fourth-order valence-electron chi connectivity index (χ4n) is 2.18. The number of hydrogen-bond acceptors (Lipinski definition) is 4. The van der Waals surface area contributed by atoms with E-state index in [1.165, 1.54) is 5.69 Å². The molecule has 0 saturated carbocycles. The van der Waals surface area contributed by atoms with Crippen molar-refractivity contribution >= 4 is 23.6 Å². The van der Waals surface area contributed by atoms with Gasteiger partial charge in [0.2, 0.25) is 0 Å². The highest BCUT2D eigenvalue weighted by molar-refractivity contribution is 6.30. The maximum absolute atomic E-state index is 10.5. The summed E-state index contributed by atoms with van der Waals surface area (Å²) in [4.78, 5) is 15.1. The van der Waals surface area contributed by atoms with Crippen LogP contribution in [0.2, 0.25) is 5.02 Å². The van der Waals surface area contributed by atoms with E-state index >= 15 is 0 Å². The molecule has 18 heavy (non-hydrogen) atoms. The zero-order valence-electron chi connectivity index (χ0n) is 10.3. The molecule has 5 heteroatoms. The van der Waals surface area contributed by atoms with E-state index in [1.54, 1.807) is 0 Å². The molecular formula is C13H18ClN3O. The fraction of sp³-hybridized carbons (Fsp3) is 0.462. The average Bonchev–Trinajstić information content (AvgIpc) is 2.40. The number of nitrogens with two attached hydrogens (primary N) is 1. The third-order valence-corrected chi connectivity index (χ3v) is 3.46. The average molecular weight is 268 g/mol. The Morgan fingerprint density at radius 2 is 1.83 bits per heavy atom. The Hall–Kier alpha value is -1.10. The summed E-state index contributed by atoms with van der Waals surface area (Å²) in [5.41, 5.74) is 6.82. The molecule has 0 amide bonds. The molecule has 1 aromatic carbocycles. The number of rotatable bonds is 4. The zero-order valence-corrected chi connectivity index (χ0v) is 11.0. The molecule has 0 spiro atoms. The van der Waals surface area contributed by atoms with Gasteiger partial charge in [0, 0.05) is 43.4 Å². The van der Waals surface area contributed by atoms with Crippen molar-refractivity contribution in [3.05, 3.63) is 29.3 Å². The molecule has 1 fully saturated rings. The second-order valence-corrected chi connectivity index (χ2v) is 5.00. The summed E-state index contributed by atoms with van der Waals surface area (Å²) in [6.45, 7) is 4.42. The molecule has 4 nitrogen and oxygen atoms in total. The molecule has 0 unspecified atom stereocenters. The van der Waals surface area contributed by atoms with Gasteiger partial charge in [-0.2, -0.15) is 0 Å². The highest BCUT2D eigenvalue weighted by atomic mass is 35.5. The summed E-state index contributed by atoms with van der Waals surface area (Å²) in [6, 6.07) is 7.52. The van der Waals surface area contributed by atoms with E-state index in [1.807, 2.05) is 24.3 Å². The lowest BCUT2D eigenvalue weighted by Crippen LogP contribution is -2.50. The third kappa shape index (κ3) is 3.45. The van der Waals surface area contributed by atoms with Gasteiger partial charge in [0.1, 0.15) is 6.29 Å². The molecule has 0 aliphatic carbocycles. The number of nitrogens with zero attached hydrogens (tertiary/aromatic N) is 2. The van der Waals surface area contributed by atoms with Crippen LogP contribution in [0.3, 0.4) is 0 Å². The third-order valence-electron chi connectivity index (χ3n) is 3.21.